The van der Waals surface area contributed by atoms with E-state index in [0.717, 1.165) is 27.7 Å². The van der Waals surface area contributed by atoms with Gasteiger partial charge >= 0.3 is 0 Å². The van der Waals surface area contributed by atoms with E-state index in [0.29, 0.717) is 15.9 Å². The van der Waals surface area contributed by atoms with Crippen LogP contribution in [0.2, 0.25) is 10.0 Å². The molecule has 1 heterocycles. The molecule has 0 aliphatic carbocycles. The first-order valence-electron chi connectivity index (χ1n) is 6.08. The van der Waals surface area contributed by atoms with Crippen molar-refractivity contribution in [2.24, 2.45) is 7.05 Å². The van der Waals surface area contributed by atoms with Crippen LogP contribution < -0.4 is 0 Å². The SMILES string of the molecule is Cn1nc2c(-c3ccc(Cl)cc3Cl)cccc2c1CCl. The van der Waals surface area contributed by atoms with Gasteiger partial charge < -0.3 is 0 Å². The lowest BCUT2D eigenvalue weighted by Gasteiger charge is -2.06. The maximum atomic E-state index is 6.30. The van der Waals surface area contributed by atoms with Crippen molar-refractivity contribution in [3.63, 3.8) is 0 Å². The fourth-order valence-corrected chi connectivity index (χ4v) is 3.18. The lowest BCUT2D eigenvalue weighted by molar-refractivity contribution is 0.746. The highest BCUT2D eigenvalue weighted by molar-refractivity contribution is 6.36. The Morgan fingerprint density at radius 2 is 1.90 bits per heavy atom. The number of fused-ring (bicyclic) bond motifs is 1. The number of nitrogens with zero attached hydrogens (tertiary/aromatic N) is 2. The van der Waals surface area contributed by atoms with Gasteiger partial charge in [-0.15, -0.1) is 11.6 Å². The van der Waals surface area contributed by atoms with Gasteiger partial charge in [-0.05, 0) is 12.1 Å². The maximum absolute atomic E-state index is 6.30. The second-order valence-corrected chi connectivity index (χ2v) is 5.64. The Morgan fingerprint density at radius 1 is 1.10 bits per heavy atom. The molecule has 102 valence electrons. The van der Waals surface area contributed by atoms with Crippen molar-refractivity contribution in [2.75, 3.05) is 0 Å². The summed E-state index contributed by atoms with van der Waals surface area (Å²) in [6, 6.07) is 11.5. The molecule has 0 fully saturated rings. The second kappa shape index (κ2) is 5.28. The molecule has 0 atom stereocenters. The van der Waals surface area contributed by atoms with E-state index in [-0.39, 0.29) is 0 Å². The molecule has 0 unspecified atom stereocenters. The quantitative estimate of drug-likeness (QED) is 0.586. The molecular formula is C15H11Cl3N2. The normalized spacial score (nSPS) is 11.2. The molecule has 5 heteroatoms. The minimum absolute atomic E-state index is 0.421. The van der Waals surface area contributed by atoms with Crippen LogP contribution in [0.4, 0.5) is 0 Å². The van der Waals surface area contributed by atoms with Gasteiger partial charge in [0.15, 0.2) is 0 Å². The Morgan fingerprint density at radius 3 is 2.60 bits per heavy atom. The molecule has 0 amide bonds. The average Bonchev–Trinajstić information content (AvgIpc) is 2.74. The summed E-state index contributed by atoms with van der Waals surface area (Å²) in [6.07, 6.45) is 0. The number of hydrogen-bond donors (Lipinski definition) is 0. The van der Waals surface area contributed by atoms with Crippen molar-refractivity contribution in [3.8, 4) is 11.1 Å². The fraction of sp³-hybridized carbons (Fsp3) is 0.133. The Balaban J connectivity index is 2.31. The lowest BCUT2D eigenvalue weighted by atomic mass is 10.0. The molecule has 0 spiro atoms. The van der Waals surface area contributed by atoms with E-state index in [1.807, 2.05) is 42.1 Å². The first kappa shape index (κ1) is 13.7. The molecule has 0 radical (unpaired) electrons. The number of aromatic nitrogens is 2. The van der Waals surface area contributed by atoms with Gasteiger partial charge in [-0.1, -0.05) is 47.5 Å². The summed E-state index contributed by atoms with van der Waals surface area (Å²) in [5.74, 6) is 0.421. The van der Waals surface area contributed by atoms with Gasteiger partial charge in [0.05, 0.1) is 11.6 Å². The van der Waals surface area contributed by atoms with E-state index in [1.54, 1.807) is 6.07 Å². The summed E-state index contributed by atoms with van der Waals surface area (Å²) in [4.78, 5) is 0. The fourth-order valence-electron chi connectivity index (χ4n) is 2.35. The Bertz CT molecular complexity index is 793. The Kier molecular flexibility index (Phi) is 3.63. The molecule has 20 heavy (non-hydrogen) atoms. The smallest absolute Gasteiger partial charge is 0.100 e. The van der Waals surface area contributed by atoms with Crippen LogP contribution in [0.25, 0.3) is 22.0 Å². The van der Waals surface area contributed by atoms with Crippen molar-refractivity contribution < 1.29 is 0 Å². The van der Waals surface area contributed by atoms with Crippen LogP contribution in [-0.2, 0) is 12.9 Å². The van der Waals surface area contributed by atoms with Crippen molar-refractivity contribution in [2.45, 2.75) is 5.88 Å². The zero-order valence-electron chi connectivity index (χ0n) is 10.7. The third kappa shape index (κ3) is 2.18. The highest BCUT2D eigenvalue weighted by Gasteiger charge is 2.14. The molecule has 0 aliphatic heterocycles. The minimum Gasteiger partial charge on any atom is -0.270 e. The molecule has 0 saturated carbocycles. The maximum Gasteiger partial charge on any atom is 0.100 e. The second-order valence-electron chi connectivity index (χ2n) is 4.53. The van der Waals surface area contributed by atoms with Crippen LogP contribution in [0.5, 0.6) is 0 Å². The average molecular weight is 326 g/mol. The van der Waals surface area contributed by atoms with E-state index < -0.39 is 0 Å². The van der Waals surface area contributed by atoms with Crippen LogP contribution in [0, 0.1) is 0 Å². The number of alkyl halides is 1. The van der Waals surface area contributed by atoms with Crippen molar-refractivity contribution >= 4 is 45.7 Å². The van der Waals surface area contributed by atoms with Gasteiger partial charge in [-0.2, -0.15) is 5.10 Å². The summed E-state index contributed by atoms with van der Waals surface area (Å²) < 4.78 is 1.81. The molecule has 3 aromatic rings. The summed E-state index contributed by atoms with van der Waals surface area (Å²) in [6.45, 7) is 0. The van der Waals surface area contributed by atoms with E-state index >= 15 is 0 Å². The molecule has 0 aliphatic rings. The molecule has 2 aromatic carbocycles. The van der Waals surface area contributed by atoms with Gasteiger partial charge in [0.25, 0.3) is 0 Å². The van der Waals surface area contributed by atoms with Crippen LogP contribution in [0.3, 0.4) is 0 Å². The summed E-state index contributed by atoms with van der Waals surface area (Å²) in [5.41, 5.74) is 3.79. The number of aryl methyl sites for hydroxylation is 1. The van der Waals surface area contributed by atoms with E-state index in [1.165, 1.54) is 0 Å². The van der Waals surface area contributed by atoms with Crippen LogP contribution in [0.1, 0.15) is 5.69 Å². The summed E-state index contributed by atoms with van der Waals surface area (Å²) >= 11 is 18.3. The van der Waals surface area contributed by atoms with E-state index in [9.17, 15) is 0 Å². The van der Waals surface area contributed by atoms with Crippen LogP contribution in [0.15, 0.2) is 36.4 Å². The topological polar surface area (TPSA) is 17.8 Å². The Labute approximate surface area is 131 Å². The van der Waals surface area contributed by atoms with Gasteiger partial charge in [0.2, 0.25) is 0 Å². The number of rotatable bonds is 2. The molecule has 0 saturated heterocycles. The monoisotopic (exact) mass is 324 g/mol. The molecule has 0 bridgehead atoms. The largest absolute Gasteiger partial charge is 0.270 e. The summed E-state index contributed by atoms with van der Waals surface area (Å²) in [5, 5.41) is 6.84. The predicted octanol–water partition coefficient (Wildman–Crippen LogP) is 5.29. The number of hydrogen-bond acceptors (Lipinski definition) is 1. The first-order valence-corrected chi connectivity index (χ1v) is 7.37. The minimum atomic E-state index is 0.421. The molecule has 1 aromatic heterocycles. The number of halogens is 3. The highest BCUT2D eigenvalue weighted by atomic mass is 35.5. The predicted molar refractivity (Wildman–Crippen MR) is 85.7 cm³/mol. The van der Waals surface area contributed by atoms with Crippen molar-refractivity contribution in [1.29, 1.82) is 0 Å². The van der Waals surface area contributed by atoms with Crippen LogP contribution >= 0.6 is 34.8 Å². The van der Waals surface area contributed by atoms with E-state index in [4.69, 9.17) is 34.8 Å². The van der Waals surface area contributed by atoms with Crippen LogP contribution in [-0.4, -0.2) is 9.78 Å². The third-order valence-electron chi connectivity index (χ3n) is 3.34. The van der Waals surface area contributed by atoms with E-state index in [2.05, 4.69) is 5.10 Å². The zero-order valence-corrected chi connectivity index (χ0v) is 13.0. The number of benzene rings is 2. The summed E-state index contributed by atoms with van der Waals surface area (Å²) in [7, 11) is 1.89. The first-order chi connectivity index (χ1) is 9.61. The van der Waals surface area contributed by atoms with Gasteiger partial charge in [-0.25, -0.2) is 0 Å². The molecule has 3 rings (SSSR count). The molecule has 2 nitrogen and oxygen atoms in total. The lowest BCUT2D eigenvalue weighted by Crippen LogP contribution is -1.94. The van der Waals surface area contributed by atoms with Gasteiger partial charge in [0.1, 0.15) is 5.52 Å². The van der Waals surface area contributed by atoms with Gasteiger partial charge in [-0.3, -0.25) is 4.68 Å². The van der Waals surface area contributed by atoms with Crippen molar-refractivity contribution in [3.05, 3.63) is 52.1 Å². The zero-order chi connectivity index (χ0) is 14.3. The third-order valence-corrected chi connectivity index (χ3v) is 4.14. The highest BCUT2D eigenvalue weighted by Crippen LogP contribution is 2.35. The van der Waals surface area contributed by atoms with Crippen molar-refractivity contribution in [1.82, 2.24) is 9.78 Å². The van der Waals surface area contributed by atoms with Gasteiger partial charge in [0, 0.05) is 33.6 Å². The molecule has 0 N–H and O–H groups in total. The molecular weight excluding hydrogens is 315 g/mol. The standard InChI is InChI=1S/C15H11Cl3N2/c1-20-14(8-16)12-4-2-3-11(15(12)19-20)10-6-5-9(17)7-13(10)18/h2-7H,8H2,1H3. The Hall–Kier alpha value is -1.22.